The van der Waals surface area contributed by atoms with Crippen LogP contribution in [-0.2, 0) is 4.79 Å². The van der Waals surface area contributed by atoms with Crippen LogP contribution in [0.5, 0.6) is 0 Å². The van der Waals surface area contributed by atoms with Gasteiger partial charge in [-0.25, -0.2) is 0 Å². The first-order valence-electron chi connectivity index (χ1n) is 8.83. The van der Waals surface area contributed by atoms with Crippen molar-refractivity contribution >= 4 is 23.0 Å². The highest BCUT2D eigenvalue weighted by Crippen LogP contribution is 2.31. The third-order valence-electron chi connectivity index (χ3n) is 5.01. The molecule has 1 fully saturated rings. The smallest absolute Gasteiger partial charge is 0.292 e. The standard InChI is InChI=1S/C20H23N3O3/c1-14-6-5-7-15(2)19(14)21-20(24)16-10-12-22(13-11-16)17-8-3-4-9-18(17)23(25)26/h3-9,16H,10-13H2,1-2H3,(H,21,24). The molecule has 0 spiro atoms. The lowest BCUT2D eigenvalue weighted by molar-refractivity contribution is -0.384. The fourth-order valence-corrected chi connectivity index (χ4v) is 3.51. The molecule has 1 amide bonds. The van der Waals surface area contributed by atoms with Crippen LogP contribution >= 0.6 is 0 Å². The Kier molecular flexibility index (Phi) is 5.21. The van der Waals surface area contributed by atoms with E-state index < -0.39 is 0 Å². The van der Waals surface area contributed by atoms with Gasteiger partial charge in [0.15, 0.2) is 0 Å². The van der Waals surface area contributed by atoms with Crippen LogP contribution in [0.1, 0.15) is 24.0 Å². The number of anilines is 2. The molecule has 0 radical (unpaired) electrons. The van der Waals surface area contributed by atoms with Crippen LogP contribution in [0.2, 0.25) is 0 Å². The summed E-state index contributed by atoms with van der Waals surface area (Å²) in [4.78, 5) is 25.5. The zero-order chi connectivity index (χ0) is 18.7. The number of carbonyl (C=O) groups excluding carboxylic acids is 1. The Bertz CT molecular complexity index is 807. The van der Waals surface area contributed by atoms with Gasteiger partial charge in [0.25, 0.3) is 5.69 Å². The van der Waals surface area contributed by atoms with Crippen molar-refractivity contribution in [3.05, 3.63) is 63.7 Å². The van der Waals surface area contributed by atoms with Crippen LogP contribution in [0.15, 0.2) is 42.5 Å². The SMILES string of the molecule is Cc1cccc(C)c1NC(=O)C1CCN(c2ccccc2[N+](=O)[O-])CC1. The quantitative estimate of drug-likeness (QED) is 0.664. The largest absolute Gasteiger partial charge is 0.366 e. The van der Waals surface area contributed by atoms with Crippen LogP contribution in [0.3, 0.4) is 0 Å². The predicted molar refractivity (Wildman–Crippen MR) is 103 cm³/mol. The van der Waals surface area contributed by atoms with E-state index in [-0.39, 0.29) is 22.4 Å². The lowest BCUT2D eigenvalue weighted by Gasteiger charge is -2.32. The van der Waals surface area contributed by atoms with Crippen molar-refractivity contribution in [3.63, 3.8) is 0 Å². The molecule has 26 heavy (non-hydrogen) atoms. The predicted octanol–water partition coefficient (Wildman–Crippen LogP) is 4.07. The van der Waals surface area contributed by atoms with E-state index in [4.69, 9.17) is 0 Å². The second-order valence-electron chi connectivity index (χ2n) is 6.76. The first kappa shape index (κ1) is 17.9. The minimum Gasteiger partial charge on any atom is -0.366 e. The molecule has 2 aromatic carbocycles. The molecule has 0 atom stereocenters. The first-order chi connectivity index (χ1) is 12.5. The van der Waals surface area contributed by atoms with Gasteiger partial charge in [0.1, 0.15) is 5.69 Å². The number of piperidine rings is 1. The minimum absolute atomic E-state index is 0.0320. The zero-order valence-corrected chi connectivity index (χ0v) is 15.1. The number of nitrogens with one attached hydrogen (secondary N) is 1. The van der Waals surface area contributed by atoms with Gasteiger partial charge in [0.2, 0.25) is 5.91 Å². The molecule has 1 N–H and O–H groups in total. The van der Waals surface area contributed by atoms with E-state index in [0.29, 0.717) is 31.6 Å². The first-order valence-corrected chi connectivity index (χ1v) is 8.83. The van der Waals surface area contributed by atoms with Gasteiger partial charge < -0.3 is 10.2 Å². The average Bonchev–Trinajstić information content (AvgIpc) is 2.65. The number of nitrogens with zero attached hydrogens (tertiary/aromatic N) is 2. The highest BCUT2D eigenvalue weighted by atomic mass is 16.6. The minimum atomic E-state index is -0.352. The monoisotopic (exact) mass is 353 g/mol. The molecule has 136 valence electrons. The number of nitro groups is 1. The van der Waals surface area contributed by atoms with Crippen molar-refractivity contribution in [1.82, 2.24) is 0 Å². The number of aryl methyl sites for hydroxylation is 2. The van der Waals surface area contributed by atoms with E-state index in [2.05, 4.69) is 5.32 Å². The molecule has 2 aromatic rings. The van der Waals surface area contributed by atoms with E-state index >= 15 is 0 Å². The fourth-order valence-electron chi connectivity index (χ4n) is 3.51. The summed E-state index contributed by atoms with van der Waals surface area (Å²) in [6.45, 7) is 5.24. The summed E-state index contributed by atoms with van der Waals surface area (Å²) in [5.74, 6) is -0.0439. The van der Waals surface area contributed by atoms with E-state index in [0.717, 1.165) is 16.8 Å². The number of hydrogen-bond donors (Lipinski definition) is 1. The molecule has 0 bridgehead atoms. The van der Waals surface area contributed by atoms with Crippen LogP contribution in [-0.4, -0.2) is 23.9 Å². The summed E-state index contributed by atoms with van der Waals surface area (Å²) in [6, 6.07) is 12.7. The molecule has 6 nitrogen and oxygen atoms in total. The third kappa shape index (κ3) is 3.69. The molecule has 6 heteroatoms. The highest BCUT2D eigenvalue weighted by Gasteiger charge is 2.28. The van der Waals surface area contributed by atoms with Gasteiger partial charge in [0, 0.05) is 30.8 Å². The molecule has 0 aromatic heterocycles. The third-order valence-corrected chi connectivity index (χ3v) is 5.01. The normalized spacial score (nSPS) is 14.9. The molecular formula is C20H23N3O3. The van der Waals surface area contributed by atoms with Gasteiger partial charge in [-0.15, -0.1) is 0 Å². The Labute approximate surface area is 153 Å². The van der Waals surface area contributed by atoms with Crippen molar-refractivity contribution in [2.45, 2.75) is 26.7 Å². The van der Waals surface area contributed by atoms with Crippen LogP contribution in [0.25, 0.3) is 0 Å². The van der Waals surface area contributed by atoms with Crippen molar-refractivity contribution in [1.29, 1.82) is 0 Å². The Morgan fingerprint density at radius 3 is 2.31 bits per heavy atom. The van der Waals surface area contributed by atoms with Crippen molar-refractivity contribution in [2.24, 2.45) is 5.92 Å². The number of benzene rings is 2. The lowest BCUT2D eigenvalue weighted by Crippen LogP contribution is -2.38. The van der Waals surface area contributed by atoms with Gasteiger partial charge in [-0.2, -0.15) is 0 Å². The number of rotatable bonds is 4. The van der Waals surface area contributed by atoms with Gasteiger partial charge in [0.05, 0.1) is 4.92 Å². The number of carbonyl (C=O) groups is 1. The lowest BCUT2D eigenvalue weighted by atomic mass is 9.95. The van der Waals surface area contributed by atoms with Crippen LogP contribution in [0.4, 0.5) is 17.1 Å². The van der Waals surface area contributed by atoms with Gasteiger partial charge in [-0.1, -0.05) is 30.3 Å². The van der Waals surface area contributed by atoms with E-state index in [1.54, 1.807) is 12.1 Å². The van der Waals surface area contributed by atoms with Gasteiger partial charge >= 0.3 is 0 Å². The van der Waals surface area contributed by atoms with Crippen molar-refractivity contribution < 1.29 is 9.72 Å². The van der Waals surface area contributed by atoms with E-state index in [9.17, 15) is 14.9 Å². The topological polar surface area (TPSA) is 75.5 Å². The molecule has 0 unspecified atom stereocenters. The zero-order valence-electron chi connectivity index (χ0n) is 15.1. The maximum atomic E-state index is 12.7. The Morgan fingerprint density at radius 2 is 1.69 bits per heavy atom. The summed E-state index contributed by atoms with van der Waals surface area (Å²) >= 11 is 0. The fraction of sp³-hybridized carbons (Fsp3) is 0.350. The molecule has 3 rings (SSSR count). The molecule has 0 aliphatic carbocycles. The van der Waals surface area contributed by atoms with Crippen molar-refractivity contribution in [2.75, 3.05) is 23.3 Å². The van der Waals surface area contributed by atoms with E-state index in [1.165, 1.54) is 6.07 Å². The number of nitro benzene ring substituents is 1. The molecular weight excluding hydrogens is 330 g/mol. The molecule has 1 heterocycles. The maximum absolute atomic E-state index is 12.7. The van der Waals surface area contributed by atoms with Crippen LogP contribution < -0.4 is 10.2 Å². The Hall–Kier alpha value is -2.89. The summed E-state index contributed by atoms with van der Waals surface area (Å²) in [7, 11) is 0. The Balaban J connectivity index is 1.65. The van der Waals surface area contributed by atoms with Gasteiger partial charge in [-0.3, -0.25) is 14.9 Å². The molecule has 0 saturated carbocycles. The second-order valence-corrected chi connectivity index (χ2v) is 6.76. The summed E-state index contributed by atoms with van der Waals surface area (Å²) < 4.78 is 0. The number of para-hydroxylation sites is 3. The highest BCUT2D eigenvalue weighted by molar-refractivity contribution is 5.94. The summed E-state index contributed by atoms with van der Waals surface area (Å²) in [6.07, 6.45) is 1.37. The molecule has 1 aliphatic heterocycles. The second kappa shape index (κ2) is 7.56. The van der Waals surface area contributed by atoms with Crippen LogP contribution in [0, 0.1) is 29.9 Å². The summed E-state index contributed by atoms with van der Waals surface area (Å²) in [5, 5.41) is 14.3. The Morgan fingerprint density at radius 1 is 1.08 bits per heavy atom. The van der Waals surface area contributed by atoms with Crippen molar-refractivity contribution in [3.8, 4) is 0 Å². The average molecular weight is 353 g/mol. The number of amides is 1. The maximum Gasteiger partial charge on any atom is 0.292 e. The van der Waals surface area contributed by atoms with E-state index in [1.807, 2.05) is 43.0 Å². The number of hydrogen-bond acceptors (Lipinski definition) is 4. The summed E-state index contributed by atoms with van der Waals surface area (Å²) in [5.41, 5.74) is 3.74. The van der Waals surface area contributed by atoms with Gasteiger partial charge in [-0.05, 0) is 43.9 Å². The molecule has 1 saturated heterocycles. The molecule has 1 aliphatic rings.